The van der Waals surface area contributed by atoms with Crippen LogP contribution in [0.2, 0.25) is 0 Å². The molecule has 132 valence electrons. The van der Waals surface area contributed by atoms with E-state index in [2.05, 4.69) is 41.4 Å². The molecule has 24 heavy (non-hydrogen) atoms. The van der Waals surface area contributed by atoms with Gasteiger partial charge in [0.1, 0.15) is 0 Å². The van der Waals surface area contributed by atoms with Crippen LogP contribution in [0.25, 0.3) is 0 Å². The Labute approximate surface area is 151 Å². The van der Waals surface area contributed by atoms with Gasteiger partial charge in [-0.1, -0.05) is 24.3 Å². The molecule has 3 nitrogen and oxygen atoms in total. The highest BCUT2D eigenvalue weighted by Crippen LogP contribution is 2.37. The van der Waals surface area contributed by atoms with Crippen molar-refractivity contribution in [1.82, 2.24) is 10.2 Å². The smallest absolute Gasteiger partial charge is 0.223 e. The summed E-state index contributed by atoms with van der Waals surface area (Å²) in [6.07, 6.45) is 8.04. The van der Waals surface area contributed by atoms with Crippen LogP contribution in [0.5, 0.6) is 0 Å². The van der Waals surface area contributed by atoms with Crippen LogP contribution < -0.4 is 5.32 Å². The summed E-state index contributed by atoms with van der Waals surface area (Å²) in [6.45, 7) is 3.11. The van der Waals surface area contributed by atoms with Gasteiger partial charge in [0.15, 0.2) is 0 Å². The number of carbonyl (C=O) groups is 1. The second-order valence-electron chi connectivity index (χ2n) is 7.78. The largest absolute Gasteiger partial charge is 0.336 e. The predicted octanol–water partition coefficient (Wildman–Crippen LogP) is 4.00. The molecule has 3 aliphatic heterocycles. The number of benzene rings is 1. The van der Waals surface area contributed by atoms with Gasteiger partial charge in [-0.2, -0.15) is 0 Å². The van der Waals surface area contributed by atoms with Crippen molar-refractivity contribution in [2.24, 2.45) is 5.92 Å². The van der Waals surface area contributed by atoms with Gasteiger partial charge >= 0.3 is 0 Å². The lowest BCUT2D eigenvalue weighted by molar-refractivity contribution is -0.133. The summed E-state index contributed by atoms with van der Waals surface area (Å²) >= 11 is 0. The van der Waals surface area contributed by atoms with E-state index in [1.165, 1.54) is 36.8 Å². The summed E-state index contributed by atoms with van der Waals surface area (Å²) in [5.41, 5.74) is 2.67. The number of fused-ring (bicyclic) bond motifs is 2. The lowest BCUT2D eigenvalue weighted by Crippen LogP contribution is -2.40. The van der Waals surface area contributed by atoms with Crippen molar-refractivity contribution < 1.29 is 4.79 Å². The van der Waals surface area contributed by atoms with Crippen molar-refractivity contribution in [3.63, 3.8) is 0 Å². The first-order chi connectivity index (χ1) is 11.2. The van der Waals surface area contributed by atoms with Gasteiger partial charge in [-0.05, 0) is 62.5 Å². The maximum Gasteiger partial charge on any atom is 0.223 e. The molecule has 1 aromatic rings. The standard InChI is InChI=1S/C20H28N2O.ClH/c1-14-5-2-3-6-18(14)19-7-4-10-22(19)20(23)13-15-11-16-8-9-17(12-15)21-16;/h2-3,5-6,15-17,19,21H,4,7-13H2,1H3;1H. The first-order valence-corrected chi connectivity index (χ1v) is 9.32. The van der Waals surface area contributed by atoms with Crippen LogP contribution in [0.4, 0.5) is 0 Å². The molecule has 3 saturated heterocycles. The maximum atomic E-state index is 12.9. The number of nitrogens with one attached hydrogen (secondary N) is 1. The van der Waals surface area contributed by atoms with Crippen LogP contribution in [0, 0.1) is 12.8 Å². The Morgan fingerprint density at radius 2 is 1.88 bits per heavy atom. The van der Waals surface area contributed by atoms with Gasteiger partial charge in [0.25, 0.3) is 0 Å². The quantitative estimate of drug-likeness (QED) is 0.895. The fourth-order valence-electron chi connectivity index (χ4n) is 5.06. The number of piperidine rings is 1. The summed E-state index contributed by atoms with van der Waals surface area (Å²) in [6, 6.07) is 10.2. The van der Waals surface area contributed by atoms with Crippen molar-refractivity contribution >= 4 is 18.3 Å². The number of hydrogen-bond acceptors (Lipinski definition) is 2. The summed E-state index contributed by atoms with van der Waals surface area (Å²) in [4.78, 5) is 15.1. The van der Waals surface area contributed by atoms with E-state index in [1.54, 1.807) is 0 Å². The molecule has 1 amide bonds. The Balaban J connectivity index is 0.00000169. The van der Waals surface area contributed by atoms with Gasteiger partial charge in [0.2, 0.25) is 5.91 Å². The molecule has 1 aromatic carbocycles. The third-order valence-corrected chi connectivity index (χ3v) is 6.15. The average molecular weight is 349 g/mol. The van der Waals surface area contributed by atoms with Gasteiger partial charge in [0.05, 0.1) is 6.04 Å². The molecule has 4 rings (SSSR count). The molecule has 1 N–H and O–H groups in total. The number of nitrogens with zero attached hydrogens (tertiary/aromatic N) is 1. The minimum atomic E-state index is 0. The van der Waals surface area contributed by atoms with Gasteiger partial charge in [-0.3, -0.25) is 4.79 Å². The number of halogens is 1. The molecule has 0 radical (unpaired) electrons. The first kappa shape index (κ1) is 17.8. The summed E-state index contributed by atoms with van der Waals surface area (Å²) < 4.78 is 0. The summed E-state index contributed by atoms with van der Waals surface area (Å²) in [7, 11) is 0. The topological polar surface area (TPSA) is 32.3 Å². The average Bonchev–Trinajstić information content (AvgIpc) is 3.14. The summed E-state index contributed by atoms with van der Waals surface area (Å²) in [5.74, 6) is 0.987. The number of hydrogen-bond donors (Lipinski definition) is 1. The van der Waals surface area contributed by atoms with E-state index < -0.39 is 0 Å². The highest BCUT2D eigenvalue weighted by molar-refractivity contribution is 5.85. The normalized spacial score (nSPS) is 31.8. The highest BCUT2D eigenvalue weighted by atomic mass is 35.5. The third-order valence-electron chi connectivity index (χ3n) is 6.15. The van der Waals surface area contributed by atoms with Crippen molar-refractivity contribution in [3.8, 4) is 0 Å². The molecule has 4 heteroatoms. The molecule has 0 spiro atoms. The molecular weight excluding hydrogens is 320 g/mol. The lowest BCUT2D eigenvalue weighted by Gasteiger charge is -2.32. The van der Waals surface area contributed by atoms with Gasteiger partial charge < -0.3 is 10.2 Å². The van der Waals surface area contributed by atoms with Crippen molar-refractivity contribution in [1.29, 1.82) is 0 Å². The minimum absolute atomic E-state index is 0. The third kappa shape index (κ3) is 3.48. The molecule has 3 unspecified atom stereocenters. The Morgan fingerprint density at radius 3 is 2.58 bits per heavy atom. The number of aryl methyl sites for hydroxylation is 1. The number of rotatable bonds is 3. The zero-order valence-electron chi connectivity index (χ0n) is 14.5. The molecule has 0 aromatic heterocycles. The Hall–Kier alpha value is -1.06. The molecule has 0 aliphatic carbocycles. The molecule has 3 aliphatic rings. The lowest BCUT2D eigenvalue weighted by atomic mass is 9.89. The summed E-state index contributed by atoms with van der Waals surface area (Å²) in [5, 5.41) is 3.68. The molecule has 0 saturated carbocycles. The second-order valence-corrected chi connectivity index (χ2v) is 7.78. The number of carbonyl (C=O) groups excluding carboxylic acids is 1. The Bertz CT molecular complexity index is 579. The highest BCUT2D eigenvalue weighted by Gasteiger charge is 2.37. The van der Waals surface area contributed by atoms with Crippen LogP contribution in [-0.2, 0) is 4.79 Å². The van der Waals surface area contributed by atoms with E-state index in [0.717, 1.165) is 25.8 Å². The first-order valence-electron chi connectivity index (χ1n) is 9.32. The molecule has 3 fully saturated rings. The van der Waals surface area contributed by atoms with Crippen LogP contribution in [0.3, 0.4) is 0 Å². The fourth-order valence-corrected chi connectivity index (χ4v) is 5.06. The zero-order valence-corrected chi connectivity index (χ0v) is 15.4. The van der Waals surface area contributed by atoms with Gasteiger partial charge in [-0.15, -0.1) is 12.4 Å². The minimum Gasteiger partial charge on any atom is -0.336 e. The van der Waals surface area contributed by atoms with Crippen LogP contribution in [0.15, 0.2) is 24.3 Å². The number of amides is 1. The van der Waals surface area contributed by atoms with Crippen LogP contribution >= 0.6 is 12.4 Å². The zero-order chi connectivity index (χ0) is 15.8. The van der Waals surface area contributed by atoms with Gasteiger partial charge in [0, 0.05) is 25.0 Å². The van der Waals surface area contributed by atoms with E-state index in [1.807, 2.05) is 0 Å². The van der Waals surface area contributed by atoms with Crippen LogP contribution in [0.1, 0.15) is 62.1 Å². The fraction of sp³-hybridized carbons (Fsp3) is 0.650. The van der Waals surface area contributed by atoms with Crippen molar-refractivity contribution in [2.75, 3.05) is 6.54 Å². The van der Waals surface area contributed by atoms with E-state index in [4.69, 9.17) is 0 Å². The van der Waals surface area contributed by atoms with Gasteiger partial charge in [-0.25, -0.2) is 0 Å². The molecule has 3 atom stereocenters. The predicted molar refractivity (Wildman–Crippen MR) is 99.4 cm³/mol. The van der Waals surface area contributed by atoms with Crippen molar-refractivity contribution in [3.05, 3.63) is 35.4 Å². The molecule has 2 bridgehead atoms. The SMILES string of the molecule is Cc1ccccc1C1CCCN1C(=O)CC1CC2CCC(C1)N2.Cl. The maximum absolute atomic E-state index is 12.9. The Kier molecular flexibility index (Phi) is 5.51. The Morgan fingerprint density at radius 1 is 1.17 bits per heavy atom. The molecular formula is C20H29ClN2O. The van der Waals surface area contributed by atoms with Crippen molar-refractivity contribution in [2.45, 2.75) is 70.0 Å². The van der Waals surface area contributed by atoms with E-state index in [0.29, 0.717) is 30.0 Å². The second kappa shape index (κ2) is 7.45. The van der Waals surface area contributed by atoms with Crippen LogP contribution in [-0.4, -0.2) is 29.4 Å². The number of likely N-dealkylation sites (tertiary alicyclic amines) is 1. The van der Waals surface area contributed by atoms with E-state index in [9.17, 15) is 4.79 Å². The monoisotopic (exact) mass is 348 g/mol. The van der Waals surface area contributed by atoms with E-state index >= 15 is 0 Å². The molecule has 3 heterocycles. The van der Waals surface area contributed by atoms with E-state index in [-0.39, 0.29) is 12.4 Å².